The fourth-order valence-electron chi connectivity index (χ4n) is 1.47. The van der Waals surface area contributed by atoms with Crippen molar-refractivity contribution in [2.24, 2.45) is 5.10 Å². The van der Waals surface area contributed by atoms with Gasteiger partial charge in [-0.1, -0.05) is 48.2 Å². The Labute approximate surface area is 134 Å². The van der Waals surface area contributed by atoms with E-state index in [1.54, 1.807) is 6.08 Å². The van der Waals surface area contributed by atoms with E-state index in [2.05, 4.69) is 20.7 Å². The van der Waals surface area contributed by atoms with Crippen molar-refractivity contribution in [3.8, 4) is 0 Å². The number of hydrogen-bond donors (Lipinski definition) is 3. The van der Waals surface area contributed by atoms with Gasteiger partial charge in [0.25, 0.3) is 5.56 Å². The molecule has 0 aliphatic heterocycles. The number of hydrogen-bond acceptors (Lipinski definition) is 6. The highest BCUT2D eigenvalue weighted by Gasteiger charge is 2.06. The minimum absolute atomic E-state index is 0.00713. The summed E-state index contributed by atoms with van der Waals surface area (Å²) in [6.07, 6.45) is 4.98. The Balaban J connectivity index is 1.77. The highest BCUT2D eigenvalue weighted by atomic mass is 32.2. The number of H-pyrrole nitrogens is 2. The molecule has 2 rings (SSSR count). The van der Waals surface area contributed by atoms with Crippen LogP contribution in [0.2, 0.25) is 0 Å². The van der Waals surface area contributed by atoms with Gasteiger partial charge in [0.05, 0.1) is 5.75 Å². The van der Waals surface area contributed by atoms with Gasteiger partial charge in [-0.15, -0.1) is 0 Å². The molecule has 1 aromatic heterocycles. The molecule has 8 nitrogen and oxygen atoms in total. The Bertz CT molecular complexity index is 826. The van der Waals surface area contributed by atoms with Gasteiger partial charge in [0, 0.05) is 6.21 Å². The summed E-state index contributed by atoms with van der Waals surface area (Å²) < 4.78 is 0. The molecule has 1 heterocycles. The van der Waals surface area contributed by atoms with Gasteiger partial charge in [-0.25, -0.2) is 15.3 Å². The van der Waals surface area contributed by atoms with Crippen molar-refractivity contribution in [2.45, 2.75) is 5.03 Å². The predicted molar refractivity (Wildman–Crippen MR) is 88.3 cm³/mol. The topological polar surface area (TPSA) is 120 Å². The number of carbonyl (C=O) groups excluding carboxylic acids is 1. The first-order valence-corrected chi connectivity index (χ1v) is 7.49. The summed E-state index contributed by atoms with van der Waals surface area (Å²) in [5, 5.41) is 9.39. The minimum atomic E-state index is -0.696. The lowest BCUT2D eigenvalue weighted by atomic mass is 10.2. The van der Waals surface area contributed by atoms with E-state index in [0.29, 0.717) is 0 Å². The number of benzene rings is 1. The molecule has 1 aromatic carbocycles. The highest BCUT2D eigenvalue weighted by molar-refractivity contribution is 7.99. The SMILES string of the molecule is O=C(CSc1n[nH]c(=O)[nH]c1=O)NN=C/C=C\c1ccccc1. The first-order valence-electron chi connectivity index (χ1n) is 6.50. The number of nitrogens with one attached hydrogen (secondary N) is 3. The van der Waals surface area contributed by atoms with Crippen LogP contribution < -0.4 is 16.7 Å². The number of carbonyl (C=O) groups is 1. The Hall–Kier alpha value is -2.94. The van der Waals surface area contributed by atoms with E-state index in [0.717, 1.165) is 17.3 Å². The number of thioether (sulfide) groups is 1. The van der Waals surface area contributed by atoms with Crippen LogP contribution in [0.3, 0.4) is 0 Å². The molecule has 0 aliphatic carbocycles. The quantitative estimate of drug-likeness (QED) is 0.401. The van der Waals surface area contributed by atoms with Crippen molar-refractivity contribution in [3.63, 3.8) is 0 Å². The number of rotatable bonds is 6. The third-order valence-corrected chi connectivity index (χ3v) is 3.42. The van der Waals surface area contributed by atoms with Crippen LogP contribution in [0.1, 0.15) is 5.56 Å². The summed E-state index contributed by atoms with van der Waals surface area (Å²) in [5.41, 5.74) is 2.00. The number of hydrazone groups is 1. The van der Waals surface area contributed by atoms with Crippen LogP contribution >= 0.6 is 11.8 Å². The second kappa shape index (κ2) is 8.49. The second-order valence-corrected chi connectivity index (χ2v) is 5.15. The fraction of sp³-hybridized carbons (Fsp3) is 0.0714. The van der Waals surface area contributed by atoms with Crippen LogP contribution in [0.15, 0.2) is 56.1 Å². The molecule has 0 saturated heterocycles. The van der Waals surface area contributed by atoms with Crippen molar-refractivity contribution >= 4 is 30.0 Å². The maximum absolute atomic E-state index is 11.5. The summed E-state index contributed by atoms with van der Waals surface area (Å²) in [6, 6.07) is 9.64. The van der Waals surface area contributed by atoms with Gasteiger partial charge < -0.3 is 0 Å². The lowest BCUT2D eigenvalue weighted by Gasteiger charge is -1.98. The molecule has 23 heavy (non-hydrogen) atoms. The lowest BCUT2D eigenvalue weighted by Crippen LogP contribution is -2.26. The summed E-state index contributed by atoms with van der Waals surface area (Å²) in [4.78, 5) is 35.7. The Kier molecular flexibility index (Phi) is 6.07. The molecule has 0 bridgehead atoms. The van der Waals surface area contributed by atoms with Crippen LogP contribution in [0.25, 0.3) is 6.08 Å². The van der Waals surface area contributed by atoms with Gasteiger partial charge in [0.15, 0.2) is 5.03 Å². The minimum Gasteiger partial charge on any atom is -0.272 e. The largest absolute Gasteiger partial charge is 0.342 e. The maximum atomic E-state index is 11.5. The van der Waals surface area contributed by atoms with Crippen LogP contribution in [0.4, 0.5) is 0 Å². The third kappa shape index (κ3) is 5.75. The zero-order valence-electron chi connectivity index (χ0n) is 11.9. The predicted octanol–water partition coefficient (Wildman–Crippen LogP) is 0.366. The first-order chi connectivity index (χ1) is 11.1. The van der Waals surface area contributed by atoms with Gasteiger partial charge in [0.2, 0.25) is 5.91 Å². The van der Waals surface area contributed by atoms with Gasteiger partial charge in [0.1, 0.15) is 0 Å². The van der Waals surface area contributed by atoms with E-state index in [9.17, 15) is 14.4 Å². The van der Waals surface area contributed by atoms with Crippen molar-refractivity contribution in [1.82, 2.24) is 20.6 Å². The van der Waals surface area contributed by atoms with E-state index in [1.165, 1.54) is 6.21 Å². The van der Waals surface area contributed by atoms with Crippen LogP contribution in [0.5, 0.6) is 0 Å². The second-order valence-electron chi connectivity index (χ2n) is 4.18. The fourth-order valence-corrected chi connectivity index (χ4v) is 2.10. The molecule has 9 heteroatoms. The molecule has 0 fully saturated rings. The van der Waals surface area contributed by atoms with E-state index < -0.39 is 17.2 Å². The normalized spacial score (nSPS) is 11.1. The van der Waals surface area contributed by atoms with E-state index in [1.807, 2.05) is 41.4 Å². The molecule has 2 aromatic rings. The average Bonchev–Trinajstić information content (AvgIpc) is 2.54. The zero-order chi connectivity index (χ0) is 16.5. The maximum Gasteiger partial charge on any atom is 0.342 e. The van der Waals surface area contributed by atoms with Crippen LogP contribution in [-0.4, -0.2) is 33.1 Å². The average molecular weight is 331 g/mol. The van der Waals surface area contributed by atoms with E-state index in [4.69, 9.17) is 0 Å². The van der Waals surface area contributed by atoms with Gasteiger partial charge in [-0.2, -0.15) is 10.2 Å². The summed E-state index contributed by atoms with van der Waals surface area (Å²) in [6.45, 7) is 0. The molecular formula is C14H13N5O3S. The van der Waals surface area contributed by atoms with Crippen molar-refractivity contribution in [1.29, 1.82) is 0 Å². The highest BCUT2D eigenvalue weighted by Crippen LogP contribution is 2.06. The molecule has 0 spiro atoms. The number of aromatic amines is 2. The van der Waals surface area contributed by atoms with Crippen LogP contribution in [0, 0.1) is 0 Å². The molecule has 1 amide bonds. The van der Waals surface area contributed by atoms with Gasteiger partial charge in [-0.3, -0.25) is 14.6 Å². The smallest absolute Gasteiger partial charge is 0.272 e. The standard InChI is InChI=1S/C14H13N5O3S/c20-11(9-23-13-12(21)16-14(22)19-18-13)17-15-8-4-7-10-5-2-1-3-6-10/h1-8H,9H2,(H,17,20)(H2,16,19,21,22)/b7-4-,15-8?. The molecule has 0 saturated carbocycles. The monoisotopic (exact) mass is 331 g/mol. The molecular weight excluding hydrogens is 318 g/mol. The number of amides is 1. The summed E-state index contributed by atoms with van der Waals surface area (Å²) in [5.74, 6) is -0.450. The van der Waals surface area contributed by atoms with Crippen LogP contribution in [-0.2, 0) is 4.79 Å². The number of allylic oxidation sites excluding steroid dienone is 1. The zero-order valence-corrected chi connectivity index (χ0v) is 12.7. The molecule has 0 aliphatic rings. The van der Waals surface area contributed by atoms with Crippen molar-refractivity contribution in [3.05, 3.63) is 62.8 Å². The molecule has 3 N–H and O–H groups in total. The molecule has 0 atom stereocenters. The van der Waals surface area contributed by atoms with Gasteiger partial charge >= 0.3 is 5.69 Å². The first kappa shape index (κ1) is 16.4. The Morgan fingerprint density at radius 3 is 2.83 bits per heavy atom. The Morgan fingerprint density at radius 2 is 2.09 bits per heavy atom. The lowest BCUT2D eigenvalue weighted by molar-refractivity contribution is -0.118. The van der Waals surface area contributed by atoms with E-state index >= 15 is 0 Å². The van der Waals surface area contributed by atoms with Crippen molar-refractivity contribution in [2.75, 3.05) is 5.75 Å². The third-order valence-electron chi connectivity index (χ3n) is 2.46. The van der Waals surface area contributed by atoms with E-state index in [-0.39, 0.29) is 10.8 Å². The van der Waals surface area contributed by atoms with Crippen molar-refractivity contribution < 1.29 is 4.79 Å². The number of nitrogens with zero attached hydrogens (tertiary/aromatic N) is 2. The van der Waals surface area contributed by atoms with Gasteiger partial charge in [-0.05, 0) is 11.6 Å². The summed E-state index contributed by atoms with van der Waals surface area (Å²) in [7, 11) is 0. The molecule has 0 radical (unpaired) electrons. The molecule has 118 valence electrons. The molecule has 0 unspecified atom stereocenters. The Morgan fingerprint density at radius 1 is 1.30 bits per heavy atom. The summed E-state index contributed by atoms with van der Waals surface area (Å²) >= 11 is 0.896. The number of aromatic nitrogens is 3.